The smallest absolute Gasteiger partial charge is 0.254 e. The van der Waals surface area contributed by atoms with Crippen molar-refractivity contribution >= 4 is 45.0 Å². The minimum atomic E-state index is 0.0371. The molecule has 0 heterocycles. The van der Waals surface area contributed by atoms with Gasteiger partial charge in [-0.3, -0.25) is 4.79 Å². The van der Waals surface area contributed by atoms with Crippen LogP contribution < -0.4 is 0 Å². The first-order valence-corrected chi connectivity index (χ1v) is 8.32. The van der Waals surface area contributed by atoms with Crippen LogP contribution in [0.1, 0.15) is 36.0 Å². The first-order valence-electron chi connectivity index (χ1n) is 6.45. The highest BCUT2D eigenvalue weighted by atomic mass is 79.9. The third kappa shape index (κ3) is 3.87. The summed E-state index contributed by atoms with van der Waals surface area (Å²) in [6.07, 6.45) is 4.36. The Morgan fingerprint density at radius 2 is 1.89 bits per heavy atom. The van der Waals surface area contributed by atoms with Crippen LogP contribution in [-0.2, 0) is 0 Å². The minimum absolute atomic E-state index is 0.0371. The molecule has 0 aliphatic heterocycles. The molecule has 1 aliphatic carbocycles. The number of nitrogens with zero attached hydrogens (tertiary/aromatic N) is 1. The van der Waals surface area contributed by atoms with Crippen molar-refractivity contribution in [1.29, 1.82) is 0 Å². The zero-order valence-electron chi connectivity index (χ0n) is 10.5. The predicted molar refractivity (Wildman–Crippen MR) is 83.5 cm³/mol. The summed E-state index contributed by atoms with van der Waals surface area (Å²) in [5, 5.41) is 1.91. The van der Waals surface area contributed by atoms with Crippen molar-refractivity contribution in [3.63, 3.8) is 0 Å². The number of rotatable bonds is 5. The molecule has 1 amide bonds. The Hall–Kier alpha value is -0.250. The lowest BCUT2D eigenvalue weighted by Crippen LogP contribution is -2.44. The SMILES string of the molecule is O=C(c1cc(Cl)cc(Cl)c1)N(CCCBr)C1CCC1. The Labute approximate surface area is 132 Å². The highest BCUT2D eigenvalue weighted by Gasteiger charge is 2.29. The van der Waals surface area contributed by atoms with Crippen LogP contribution in [0.5, 0.6) is 0 Å². The fourth-order valence-electron chi connectivity index (χ4n) is 2.22. The molecule has 0 atom stereocenters. The van der Waals surface area contributed by atoms with Gasteiger partial charge in [0.1, 0.15) is 0 Å². The van der Waals surface area contributed by atoms with Crippen molar-refractivity contribution in [2.24, 2.45) is 0 Å². The number of alkyl halides is 1. The van der Waals surface area contributed by atoms with Crippen LogP contribution in [0.2, 0.25) is 10.0 Å². The largest absolute Gasteiger partial charge is 0.336 e. The average Bonchev–Trinajstić information content (AvgIpc) is 2.29. The van der Waals surface area contributed by atoms with Gasteiger partial charge in [0.25, 0.3) is 5.91 Å². The molecule has 1 saturated carbocycles. The average molecular weight is 365 g/mol. The summed E-state index contributed by atoms with van der Waals surface area (Å²) < 4.78 is 0. The molecule has 2 nitrogen and oxygen atoms in total. The van der Waals surface area contributed by atoms with Gasteiger partial charge in [-0.15, -0.1) is 0 Å². The Balaban J connectivity index is 2.17. The van der Waals surface area contributed by atoms with Gasteiger partial charge in [0.2, 0.25) is 0 Å². The fourth-order valence-corrected chi connectivity index (χ4v) is 3.00. The van der Waals surface area contributed by atoms with E-state index in [0.29, 0.717) is 21.7 Å². The van der Waals surface area contributed by atoms with Crippen molar-refractivity contribution in [2.75, 3.05) is 11.9 Å². The number of carbonyl (C=O) groups is 1. The lowest BCUT2D eigenvalue weighted by Gasteiger charge is -2.37. The van der Waals surface area contributed by atoms with Crippen LogP contribution in [0.25, 0.3) is 0 Å². The van der Waals surface area contributed by atoms with Gasteiger partial charge in [-0.25, -0.2) is 0 Å². The van der Waals surface area contributed by atoms with E-state index < -0.39 is 0 Å². The first-order chi connectivity index (χ1) is 9.11. The molecule has 104 valence electrons. The Morgan fingerprint density at radius 3 is 2.37 bits per heavy atom. The van der Waals surface area contributed by atoms with Crippen LogP contribution in [0.4, 0.5) is 0 Å². The van der Waals surface area contributed by atoms with E-state index in [2.05, 4.69) is 15.9 Å². The molecule has 0 spiro atoms. The fraction of sp³-hybridized carbons (Fsp3) is 0.500. The van der Waals surface area contributed by atoms with Crippen LogP contribution in [0, 0.1) is 0 Å². The molecule has 1 aliphatic rings. The summed E-state index contributed by atoms with van der Waals surface area (Å²) in [5.74, 6) is 0.0371. The molecule has 19 heavy (non-hydrogen) atoms. The van der Waals surface area contributed by atoms with Crippen molar-refractivity contribution in [3.8, 4) is 0 Å². The van der Waals surface area contributed by atoms with Crippen molar-refractivity contribution in [1.82, 2.24) is 4.90 Å². The summed E-state index contributed by atoms with van der Waals surface area (Å²) in [6, 6.07) is 5.40. The number of carbonyl (C=O) groups excluding carboxylic acids is 1. The normalized spacial score (nSPS) is 15.1. The molecule has 1 aromatic rings. The maximum Gasteiger partial charge on any atom is 0.254 e. The molecule has 0 bridgehead atoms. The number of hydrogen-bond acceptors (Lipinski definition) is 1. The molecule has 0 aromatic heterocycles. The summed E-state index contributed by atoms with van der Waals surface area (Å²) in [6.45, 7) is 0.777. The molecular formula is C14H16BrCl2NO. The van der Waals surface area contributed by atoms with Crippen LogP contribution in [0.3, 0.4) is 0 Å². The molecule has 0 radical (unpaired) electrons. The van der Waals surface area contributed by atoms with Crippen molar-refractivity contribution in [2.45, 2.75) is 31.7 Å². The van der Waals surface area contributed by atoms with E-state index in [1.165, 1.54) is 6.42 Å². The lowest BCUT2D eigenvalue weighted by atomic mass is 9.91. The number of benzene rings is 1. The van der Waals surface area contributed by atoms with Gasteiger partial charge in [-0.2, -0.15) is 0 Å². The Kier molecular flexibility index (Phi) is 5.55. The highest BCUT2D eigenvalue weighted by Crippen LogP contribution is 2.28. The number of hydrogen-bond donors (Lipinski definition) is 0. The molecular weight excluding hydrogens is 349 g/mol. The molecule has 5 heteroatoms. The Morgan fingerprint density at radius 1 is 1.26 bits per heavy atom. The molecule has 0 saturated heterocycles. The maximum atomic E-state index is 12.6. The molecule has 0 N–H and O–H groups in total. The highest BCUT2D eigenvalue weighted by molar-refractivity contribution is 9.09. The predicted octanol–water partition coefficient (Wildman–Crippen LogP) is 4.77. The molecule has 1 aromatic carbocycles. The van der Waals surface area contributed by atoms with E-state index in [1.807, 2.05) is 4.90 Å². The second kappa shape index (κ2) is 6.96. The van der Waals surface area contributed by atoms with Gasteiger partial charge < -0.3 is 4.90 Å². The standard InChI is InChI=1S/C14H16BrCl2NO/c15-5-2-6-18(13-3-1-4-13)14(19)10-7-11(16)9-12(17)8-10/h7-9,13H,1-6H2. The maximum absolute atomic E-state index is 12.6. The molecule has 2 rings (SSSR count). The minimum Gasteiger partial charge on any atom is -0.336 e. The zero-order chi connectivity index (χ0) is 13.8. The van der Waals surface area contributed by atoms with E-state index in [-0.39, 0.29) is 5.91 Å². The van der Waals surface area contributed by atoms with Gasteiger partial charge in [-0.05, 0) is 43.9 Å². The summed E-state index contributed by atoms with van der Waals surface area (Å²) in [5.41, 5.74) is 0.582. The summed E-state index contributed by atoms with van der Waals surface area (Å²) in [4.78, 5) is 14.5. The first kappa shape index (κ1) is 15.1. The molecule has 0 unspecified atom stereocenters. The monoisotopic (exact) mass is 363 g/mol. The second-order valence-electron chi connectivity index (χ2n) is 4.78. The van der Waals surface area contributed by atoms with Gasteiger partial charge in [0.15, 0.2) is 0 Å². The van der Waals surface area contributed by atoms with Gasteiger partial charge in [-0.1, -0.05) is 39.1 Å². The van der Waals surface area contributed by atoms with Crippen molar-refractivity contribution < 1.29 is 4.79 Å². The quantitative estimate of drug-likeness (QED) is 0.689. The number of amides is 1. The van der Waals surface area contributed by atoms with E-state index >= 15 is 0 Å². The van der Waals surface area contributed by atoms with Crippen LogP contribution in [0.15, 0.2) is 18.2 Å². The summed E-state index contributed by atoms with van der Waals surface area (Å²) in [7, 11) is 0. The Bertz CT molecular complexity index is 443. The van der Waals surface area contributed by atoms with Crippen molar-refractivity contribution in [3.05, 3.63) is 33.8 Å². The van der Waals surface area contributed by atoms with Gasteiger partial charge in [0.05, 0.1) is 0 Å². The van der Waals surface area contributed by atoms with Gasteiger partial charge >= 0.3 is 0 Å². The molecule has 1 fully saturated rings. The van der Waals surface area contributed by atoms with E-state index in [9.17, 15) is 4.79 Å². The lowest BCUT2D eigenvalue weighted by molar-refractivity contribution is 0.0581. The summed E-state index contributed by atoms with van der Waals surface area (Å²) >= 11 is 15.4. The topological polar surface area (TPSA) is 20.3 Å². The zero-order valence-corrected chi connectivity index (χ0v) is 13.6. The van der Waals surface area contributed by atoms with Crippen LogP contribution >= 0.6 is 39.1 Å². The van der Waals surface area contributed by atoms with E-state index in [0.717, 1.165) is 31.1 Å². The van der Waals surface area contributed by atoms with E-state index in [1.54, 1.807) is 18.2 Å². The van der Waals surface area contributed by atoms with Gasteiger partial charge in [0, 0.05) is 33.5 Å². The second-order valence-corrected chi connectivity index (χ2v) is 6.45. The van der Waals surface area contributed by atoms with E-state index in [4.69, 9.17) is 23.2 Å². The third-order valence-corrected chi connectivity index (χ3v) is 4.42. The number of halogens is 3. The van der Waals surface area contributed by atoms with Crippen LogP contribution in [-0.4, -0.2) is 28.7 Å². The third-order valence-electron chi connectivity index (χ3n) is 3.42.